The SMILES string of the molecule is CC1[C-]=CCC1.[Co].[Co].[Co].[Co].c1cc[cH-]c1.c1cc[cH-]c1.c1cc[cH-]c1. The summed E-state index contributed by atoms with van der Waals surface area (Å²) >= 11 is 0. The van der Waals surface area contributed by atoms with Gasteiger partial charge < -0.3 is 6.08 Å². The first-order valence-electron chi connectivity index (χ1n) is 7.47. The maximum atomic E-state index is 3.19. The molecule has 0 N–H and O–H groups in total. The molecule has 1 aliphatic rings. The Morgan fingerprint density at radius 1 is 0.640 bits per heavy atom. The van der Waals surface area contributed by atoms with Crippen molar-refractivity contribution >= 4 is 0 Å². The summed E-state index contributed by atoms with van der Waals surface area (Å²) in [7, 11) is 0. The van der Waals surface area contributed by atoms with Crippen molar-refractivity contribution in [3.63, 3.8) is 0 Å². The molecule has 0 aromatic heterocycles. The molecule has 0 fully saturated rings. The van der Waals surface area contributed by atoms with E-state index in [1.807, 2.05) is 91.0 Å². The van der Waals surface area contributed by atoms with Crippen LogP contribution < -0.4 is 0 Å². The van der Waals surface area contributed by atoms with Gasteiger partial charge in [0.05, 0.1) is 0 Å². The Kier molecular flexibility index (Phi) is 33.8. The maximum Gasteiger partial charge on any atom is 0 e. The van der Waals surface area contributed by atoms with Gasteiger partial charge >= 0.3 is 0 Å². The number of allylic oxidation sites excluding steroid dienone is 2. The molecule has 25 heavy (non-hydrogen) atoms. The van der Waals surface area contributed by atoms with E-state index in [1.54, 1.807) is 0 Å². The Morgan fingerprint density at radius 2 is 0.960 bits per heavy atom. The predicted octanol–water partition coefficient (Wildman–Crippen LogP) is 5.98. The molecule has 4 radical (unpaired) electrons. The normalized spacial score (nSPS) is 12.4. The van der Waals surface area contributed by atoms with Crippen molar-refractivity contribution in [2.45, 2.75) is 19.8 Å². The Hall–Kier alpha value is -0.184. The molecule has 1 atom stereocenters. The molecule has 4 rings (SSSR count). The van der Waals surface area contributed by atoms with Crippen molar-refractivity contribution in [3.8, 4) is 0 Å². The second-order valence-corrected chi connectivity index (χ2v) is 4.74. The molecule has 3 aromatic rings. The van der Waals surface area contributed by atoms with Gasteiger partial charge in [0, 0.05) is 67.1 Å². The van der Waals surface area contributed by atoms with Gasteiger partial charge in [-0.2, -0.15) is 60.5 Å². The van der Waals surface area contributed by atoms with Gasteiger partial charge in [-0.1, -0.05) is 19.8 Å². The second-order valence-electron chi connectivity index (χ2n) is 4.74. The van der Waals surface area contributed by atoms with Crippen molar-refractivity contribution in [2.24, 2.45) is 5.92 Å². The number of hydrogen-bond acceptors (Lipinski definition) is 0. The minimum atomic E-state index is 0. The molecule has 0 nitrogen and oxygen atoms in total. The molecule has 3 aromatic carbocycles. The van der Waals surface area contributed by atoms with Gasteiger partial charge in [0.15, 0.2) is 0 Å². The van der Waals surface area contributed by atoms with E-state index in [0.29, 0.717) is 0 Å². The third kappa shape index (κ3) is 23.8. The third-order valence-corrected chi connectivity index (χ3v) is 2.81. The first-order valence-corrected chi connectivity index (χ1v) is 7.47. The van der Waals surface area contributed by atoms with Crippen molar-refractivity contribution in [1.82, 2.24) is 0 Å². The zero-order valence-corrected chi connectivity index (χ0v) is 18.2. The first kappa shape index (κ1) is 32.5. The Morgan fingerprint density at radius 3 is 1.04 bits per heavy atom. The molecule has 0 amide bonds. The van der Waals surface area contributed by atoms with Gasteiger partial charge in [0.1, 0.15) is 0 Å². The topological polar surface area (TPSA) is 0 Å². The van der Waals surface area contributed by atoms with Crippen LogP contribution in [0.3, 0.4) is 0 Å². The number of hydrogen-bond donors (Lipinski definition) is 0. The molecule has 0 heterocycles. The fraction of sp³-hybridized carbons (Fsp3) is 0.190. The molecule has 4 heteroatoms. The maximum absolute atomic E-state index is 3.19. The van der Waals surface area contributed by atoms with Crippen LogP contribution in [-0.4, -0.2) is 0 Å². The van der Waals surface area contributed by atoms with E-state index in [1.165, 1.54) is 12.8 Å². The van der Waals surface area contributed by atoms with Gasteiger partial charge in [-0.3, -0.25) is 6.08 Å². The van der Waals surface area contributed by atoms with Gasteiger partial charge in [0.2, 0.25) is 0 Å². The Bertz CT molecular complexity index is 382. The summed E-state index contributed by atoms with van der Waals surface area (Å²) in [6, 6.07) is 30.0. The Labute approximate surface area is 194 Å². The molecule has 0 saturated heterocycles. The number of rotatable bonds is 0. The van der Waals surface area contributed by atoms with Gasteiger partial charge in [-0.05, 0) is 0 Å². The van der Waals surface area contributed by atoms with Gasteiger partial charge in [-0.15, -0.1) is 0 Å². The van der Waals surface area contributed by atoms with E-state index < -0.39 is 0 Å². The third-order valence-electron chi connectivity index (χ3n) is 2.81. The molecule has 148 valence electrons. The smallest absolute Gasteiger partial charge is 0 e. The summed E-state index contributed by atoms with van der Waals surface area (Å²) in [6.45, 7) is 2.20. The summed E-state index contributed by atoms with van der Waals surface area (Å²) in [5.41, 5.74) is 0. The molecule has 1 unspecified atom stereocenters. The summed E-state index contributed by atoms with van der Waals surface area (Å²) in [5.74, 6) is 0.741. The minimum Gasteiger partial charge on any atom is -0.498 e. The minimum absolute atomic E-state index is 0. The standard InChI is InChI=1S/C6H9.3C5H5.4Co/c1-6-4-2-3-5-6;3*1-2-4-5-3-1;;;;/h2,6H,3,5H2,1H3;3*1-5H;;;;/q4*-1;;;;. The summed E-state index contributed by atoms with van der Waals surface area (Å²) < 4.78 is 0. The largest absolute Gasteiger partial charge is 0.498 e. The predicted molar refractivity (Wildman–Crippen MR) is 92.3 cm³/mol. The fourth-order valence-corrected chi connectivity index (χ4v) is 1.66. The van der Waals surface area contributed by atoms with Crippen LogP contribution in [0.1, 0.15) is 19.8 Å². The van der Waals surface area contributed by atoms with E-state index >= 15 is 0 Å². The average Bonchev–Trinajstić information content (AvgIpc) is 3.28. The van der Waals surface area contributed by atoms with Crippen LogP contribution in [0, 0.1) is 12.0 Å². The van der Waals surface area contributed by atoms with E-state index in [0.717, 1.165) is 5.92 Å². The van der Waals surface area contributed by atoms with Gasteiger partial charge in [-0.25, -0.2) is 36.4 Å². The Balaban J connectivity index is -0.000000112. The van der Waals surface area contributed by atoms with Crippen LogP contribution in [0.25, 0.3) is 0 Å². The molecule has 0 saturated carbocycles. The summed E-state index contributed by atoms with van der Waals surface area (Å²) in [5, 5.41) is 0. The van der Waals surface area contributed by atoms with E-state index in [-0.39, 0.29) is 67.1 Å². The van der Waals surface area contributed by atoms with E-state index in [2.05, 4.69) is 19.1 Å². The van der Waals surface area contributed by atoms with Crippen LogP contribution in [0.15, 0.2) is 97.1 Å². The van der Waals surface area contributed by atoms with Crippen LogP contribution in [-0.2, 0) is 67.1 Å². The molecular weight excluding hydrogens is 488 g/mol. The average molecular weight is 512 g/mol. The van der Waals surface area contributed by atoms with Gasteiger partial charge in [0.25, 0.3) is 0 Å². The second kappa shape index (κ2) is 26.0. The first-order chi connectivity index (χ1) is 10.4. The molecule has 0 aliphatic heterocycles. The van der Waals surface area contributed by atoms with E-state index in [4.69, 9.17) is 0 Å². The summed E-state index contributed by atoms with van der Waals surface area (Å²) in [4.78, 5) is 0. The van der Waals surface area contributed by atoms with Crippen LogP contribution in [0.5, 0.6) is 0 Å². The zero-order chi connectivity index (χ0) is 15.0. The van der Waals surface area contributed by atoms with Crippen LogP contribution >= 0.6 is 0 Å². The summed E-state index contributed by atoms with van der Waals surface area (Å²) in [6.07, 6.45) is 7.89. The van der Waals surface area contributed by atoms with Crippen LogP contribution in [0.4, 0.5) is 0 Å². The van der Waals surface area contributed by atoms with E-state index in [9.17, 15) is 0 Å². The fourth-order valence-electron chi connectivity index (χ4n) is 1.66. The van der Waals surface area contributed by atoms with Crippen molar-refractivity contribution in [1.29, 1.82) is 0 Å². The quantitative estimate of drug-likeness (QED) is 0.325. The zero-order valence-electron chi connectivity index (χ0n) is 14.1. The monoisotopic (exact) mass is 512 g/mol. The molecule has 1 aliphatic carbocycles. The van der Waals surface area contributed by atoms with Crippen molar-refractivity contribution in [3.05, 3.63) is 103 Å². The van der Waals surface area contributed by atoms with Crippen molar-refractivity contribution < 1.29 is 67.1 Å². The molecule has 0 spiro atoms. The van der Waals surface area contributed by atoms with Crippen LogP contribution in [0.2, 0.25) is 0 Å². The molecular formula is C21H24Co4-4. The van der Waals surface area contributed by atoms with Crippen molar-refractivity contribution in [2.75, 3.05) is 0 Å². The molecule has 0 bridgehead atoms.